The predicted molar refractivity (Wildman–Crippen MR) is 58.7 cm³/mol. The molecule has 1 unspecified atom stereocenters. The molecule has 0 aliphatic rings. The molecular weight excluding hydrogens is 196 g/mol. The molecule has 3 N–H and O–H groups in total. The van der Waals surface area contributed by atoms with Crippen molar-refractivity contribution in [3.8, 4) is 0 Å². The van der Waals surface area contributed by atoms with Gasteiger partial charge in [-0.2, -0.15) is 8.75 Å². The molecule has 0 radical (unpaired) electrons. The van der Waals surface area contributed by atoms with Crippen molar-refractivity contribution in [2.24, 2.45) is 11.8 Å². The molecule has 0 spiro atoms. The Balaban J connectivity index is 2.33. The molecule has 0 amide bonds. The quantitative estimate of drug-likeness (QED) is 0.560. The van der Waals surface area contributed by atoms with Crippen molar-refractivity contribution in [2.45, 2.75) is 39.2 Å². The highest BCUT2D eigenvalue weighted by atomic mass is 32.1. The molecule has 4 nitrogen and oxygen atoms in total. The van der Waals surface area contributed by atoms with Gasteiger partial charge in [-0.05, 0) is 12.3 Å². The van der Waals surface area contributed by atoms with E-state index in [-0.39, 0.29) is 6.04 Å². The molecule has 0 bridgehead atoms. The Morgan fingerprint density at radius 1 is 1.50 bits per heavy atom. The van der Waals surface area contributed by atoms with E-state index in [1.807, 2.05) is 0 Å². The van der Waals surface area contributed by atoms with Crippen molar-refractivity contribution in [3.63, 3.8) is 0 Å². The fraction of sp³-hybridized carbons (Fsp3) is 0.778. The van der Waals surface area contributed by atoms with Gasteiger partial charge in [0, 0.05) is 0 Å². The van der Waals surface area contributed by atoms with Crippen molar-refractivity contribution in [1.29, 1.82) is 0 Å². The largest absolute Gasteiger partial charge is 0.271 e. The van der Waals surface area contributed by atoms with E-state index >= 15 is 0 Å². The molecule has 0 saturated heterocycles. The van der Waals surface area contributed by atoms with Gasteiger partial charge in [0.15, 0.2) is 0 Å². The normalized spacial score (nSPS) is 13.4. The molecule has 0 aliphatic heterocycles. The van der Waals surface area contributed by atoms with E-state index < -0.39 is 0 Å². The summed E-state index contributed by atoms with van der Waals surface area (Å²) in [6.07, 6.45) is 5.21. The molecule has 1 rings (SSSR count). The lowest BCUT2D eigenvalue weighted by molar-refractivity contribution is 0.450. The smallest absolute Gasteiger partial charge is 0.0925 e. The first kappa shape index (κ1) is 11.6. The number of nitrogens with two attached hydrogens (primary N) is 1. The van der Waals surface area contributed by atoms with E-state index in [2.05, 4.69) is 28.0 Å². The van der Waals surface area contributed by atoms with Crippen LogP contribution in [0.2, 0.25) is 0 Å². The molecule has 14 heavy (non-hydrogen) atoms. The highest BCUT2D eigenvalue weighted by Gasteiger charge is 2.11. The summed E-state index contributed by atoms with van der Waals surface area (Å²) in [5.41, 5.74) is 3.74. The Bertz CT molecular complexity index is 235. The first-order valence-corrected chi connectivity index (χ1v) is 5.70. The summed E-state index contributed by atoms with van der Waals surface area (Å²) >= 11 is 1.23. The van der Waals surface area contributed by atoms with Gasteiger partial charge in [-0.25, -0.2) is 0 Å². The topological polar surface area (TPSA) is 63.8 Å². The fourth-order valence-corrected chi connectivity index (χ4v) is 1.84. The first-order chi connectivity index (χ1) is 6.74. The van der Waals surface area contributed by atoms with Gasteiger partial charge in [0.1, 0.15) is 0 Å². The molecule has 0 aromatic carbocycles. The maximum absolute atomic E-state index is 5.47. The van der Waals surface area contributed by atoms with Gasteiger partial charge in [-0.3, -0.25) is 11.3 Å². The third kappa shape index (κ3) is 3.69. The number of aromatic nitrogens is 2. The lowest BCUT2D eigenvalue weighted by atomic mass is 10.0. The fourth-order valence-electron chi connectivity index (χ4n) is 1.37. The van der Waals surface area contributed by atoms with E-state index in [0.717, 1.165) is 18.0 Å². The van der Waals surface area contributed by atoms with Gasteiger partial charge < -0.3 is 0 Å². The van der Waals surface area contributed by atoms with Gasteiger partial charge in [0.05, 0.1) is 29.7 Å². The Hall–Kier alpha value is -0.520. The van der Waals surface area contributed by atoms with E-state index in [0.29, 0.717) is 0 Å². The summed E-state index contributed by atoms with van der Waals surface area (Å²) < 4.78 is 8.14. The first-order valence-electron chi connectivity index (χ1n) is 4.97. The summed E-state index contributed by atoms with van der Waals surface area (Å²) in [5, 5.41) is 0. The summed E-state index contributed by atoms with van der Waals surface area (Å²) in [6.45, 7) is 4.46. The van der Waals surface area contributed by atoms with Crippen LogP contribution in [-0.2, 0) is 0 Å². The van der Waals surface area contributed by atoms with Crippen LogP contribution in [0.4, 0.5) is 0 Å². The highest BCUT2D eigenvalue weighted by molar-refractivity contribution is 6.99. The van der Waals surface area contributed by atoms with E-state index in [9.17, 15) is 0 Å². The number of nitrogens with zero attached hydrogens (tertiary/aromatic N) is 2. The zero-order valence-electron chi connectivity index (χ0n) is 8.73. The average Bonchev–Trinajstić information content (AvgIpc) is 2.64. The second-order valence-electron chi connectivity index (χ2n) is 3.88. The molecule has 1 aromatic rings. The van der Waals surface area contributed by atoms with Crippen LogP contribution in [0.3, 0.4) is 0 Å². The molecule has 1 aromatic heterocycles. The molecule has 1 atom stereocenters. The molecular formula is C9H18N4S. The maximum atomic E-state index is 5.47. The molecule has 0 aliphatic carbocycles. The third-order valence-corrected chi connectivity index (χ3v) is 2.70. The lowest BCUT2D eigenvalue weighted by Gasteiger charge is -2.13. The van der Waals surface area contributed by atoms with Crippen LogP contribution in [0.1, 0.15) is 44.8 Å². The number of hydrazine groups is 1. The van der Waals surface area contributed by atoms with E-state index in [4.69, 9.17) is 5.84 Å². The van der Waals surface area contributed by atoms with Crippen molar-refractivity contribution in [1.82, 2.24) is 14.2 Å². The van der Waals surface area contributed by atoms with Crippen molar-refractivity contribution in [3.05, 3.63) is 11.9 Å². The predicted octanol–water partition coefficient (Wildman–Crippen LogP) is 1.87. The van der Waals surface area contributed by atoms with Gasteiger partial charge in [0.25, 0.3) is 0 Å². The van der Waals surface area contributed by atoms with Gasteiger partial charge in [0.2, 0.25) is 0 Å². The highest BCUT2D eigenvalue weighted by Crippen LogP contribution is 2.18. The second kappa shape index (κ2) is 6.06. The minimum Gasteiger partial charge on any atom is -0.271 e. The lowest BCUT2D eigenvalue weighted by Crippen LogP contribution is -2.28. The molecule has 1 heterocycles. The summed E-state index contributed by atoms with van der Waals surface area (Å²) in [7, 11) is 0. The second-order valence-corrected chi connectivity index (χ2v) is 4.43. The third-order valence-electron chi connectivity index (χ3n) is 2.21. The number of hydrogen-bond donors (Lipinski definition) is 2. The van der Waals surface area contributed by atoms with Gasteiger partial charge >= 0.3 is 0 Å². The molecule has 0 saturated carbocycles. The molecule has 5 heteroatoms. The van der Waals surface area contributed by atoms with Crippen LogP contribution in [-0.4, -0.2) is 8.75 Å². The summed E-state index contributed by atoms with van der Waals surface area (Å²) in [5.74, 6) is 6.22. The maximum Gasteiger partial charge on any atom is 0.0925 e. The Morgan fingerprint density at radius 2 is 2.29 bits per heavy atom. The average molecular weight is 214 g/mol. The SMILES string of the molecule is CC(C)CCCC(NN)c1cnsn1. The Labute approximate surface area is 89.2 Å². The van der Waals surface area contributed by atoms with E-state index in [1.165, 1.54) is 24.6 Å². The van der Waals surface area contributed by atoms with E-state index in [1.54, 1.807) is 6.20 Å². The van der Waals surface area contributed by atoms with Crippen LogP contribution >= 0.6 is 11.7 Å². The zero-order chi connectivity index (χ0) is 10.4. The van der Waals surface area contributed by atoms with Crippen LogP contribution in [0.5, 0.6) is 0 Å². The van der Waals surface area contributed by atoms with Crippen molar-refractivity contribution in [2.75, 3.05) is 0 Å². The molecule has 80 valence electrons. The minimum absolute atomic E-state index is 0.160. The Morgan fingerprint density at radius 3 is 2.79 bits per heavy atom. The summed E-state index contributed by atoms with van der Waals surface area (Å²) in [6, 6.07) is 0.160. The minimum atomic E-state index is 0.160. The van der Waals surface area contributed by atoms with Gasteiger partial charge in [-0.1, -0.05) is 26.7 Å². The van der Waals surface area contributed by atoms with Crippen LogP contribution in [0, 0.1) is 5.92 Å². The number of hydrogen-bond acceptors (Lipinski definition) is 5. The number of rotatable bonds is 6. The zero-order valence-corrected chi connectivity index (χ0v) is 9.55. The number of nitrogens with one attached hydrogen (secondary N) is 1. The monoisotopic (exact) mass is 214 g/mol. The van der Waals surface area contributed by atoms with Crippen molar-refractivity contribution >= 4 is 11.7 Å². The molecule has 0 fully saturated rings. The standard InChI is InChI=1S/C9H18N4S/c1-7(2)4-3-5-8(12-10)9-6-11-14-13-9/h6-8,12H,3-5,10H2,1-2H3. The van der Waals surface area contributed by atoms with Crippen LogP contribution in [0.15, 0.2) is 6.20 Å². The van der Waals surface area contributed by atoms with Crippen LogP contribution < -0.4 is 11.3 Å². The Kier molecular flexibility index (Phi) is 5.00. The summed E-state index contributed by atoms with van der Waals surface area (Å²) in [4.78, 5) is 0. The van der Waals surface area contributed by atoms with Crippen LogP contribution in [0.25, 0.3) is 0 Å². The van der Waals surface area contributed by atoms with Crippen molar-refractivity contribution < 1.29 is 0 Å². The van der Waals surface area contributed by atoms with Gasteiger partial charge in [-0.15, -0.1) is 0 Å².